The van der Waals surface area contributed by atoms with E-state index in [2.05, 4.69) is 11.6 Å². The lowest BCUT2D eigenvalue weighted by molar-refractivity contribution is 0.0696. The normalized spacial score (nSPS) is 14.2. The Balaban J connectivity index is 2.13. The van der Waals surface area contributed by atoms with E-state index in [0.717, 1.165) is 5.56 Å². The zero-order valence-corrected chi connectivity index (χ0v) is 15.7. The number of para-hydroxylation sites is 1. The molecule has 0 saturated carbocycles. The van der Waals surface area contributed by atoms with Crippen LogP contribution in [0.1, 0.15) is 27.9 Å². The number of aliphatic imine (C=N–C) groups is 1. The van der Waals surface area contributed by atoms with Crippen molar-refractivity contribution in [1.29, 1.82) is 0 Å². The number of aromatic carboxylic acids is 1. The van der Waals surface area contributed by atoms with Crippen LogP contribution < -0.4 is 4.31 Å². The highest BCUT2D eigenvalue weighted by Crippen LogP contribution is 2.36. The molecule has 6 nitrogen and oxygen atoms in total. The zero-order valence-electron chi connectivity index (χ0n) is 14.9. The molecule has 1 N–H and O–H groups in total. The molecule has 0 radical (unpaired) electrons. The molecule has 0 atom stereocenters. The van der Waals surface area contributed by atoms with E-state index in [4.69, 9.17) is 0 Å². The molecule has 7 heteroatoms. The first-order valence-electron chi connectivity index (χ1n) is 8.50. The Labute approximate surface area is 158 Å². The Hall–Kier alpha value is -2.93. The predicted molar refractivity (Wildman–Crippen MR) is 106 cm³/mol. The van der Waals surface area contributed by atoms with Crippen molar-refractivity contribution in [2.24, 2.45) is 4.99 Å². The molecular formula is C20H20N2O4S. The van der Waals surface area contributed by atoms with Crippen LogP contribution in [0.25, 0.3) is 0 Å². The lowest BCUT2D eigenvalue weighted by Crippen LogP contribution is -2.35. The Bertz CT molecular complexity index is 1040. The van der Waals surface area contributed by atoms with Gasteiger partial charge in [-0.2, -0.15) is 0 Å². The van der Waals surface area contributed by atoms with Gasteiger partial charge in [-0.25, -0.2) is 13.2 Å². The van der Waals surface area contributed by atoms with E-state index in [1.165, 1.54) is 28.7 Å². The Morgan fingerprint density at radius 2 is 2.07 bits per heavy atom. The van der Waals surface area contributed by atoms with E-state index < -0.39 is 16.0 Å². The Kier molecular flexibility index (Phi) is 5.14. The lowest BCUT2D eigenvalue weighted by atomic mass is 10.0. The standard InChI is InChI=1S/C20H20N2O4S/c1-3-11-21-19-14(2)6-4-8-18(19)27(25,26)22-12-5-7-15-13-16(20(23)24)9-10-17(15)22/h3-4,6,8-11,13H,1,5,7,12H2,2H3,(H,23,24)/b21-11-. The minimum atomic E-state index is -3.85. The van der Waals surface area contributed by atoms with Crippen LogP contribution in [0.3, 0.4) is 0 Å². The van der Waals surface area contributed by atoms with Crippen LogP contribution in [0.15, 0.2) is 58.9 Å². The van der Waals surface area contributed by atoms with E-state index in [9.17, 15) is 18.3 Å². The first kappa shape index (κ1) is 18.8. The molecule has 0 amide bonds. The number of carboxylic acids is 1. The van der Waals surface area contributed by atoms with Crippen LogP contribution in [-0.4, -0.2) is 32.3 Å². The van der Waals surface area contributed by atoms with E-state index in [1.807, 2.05) is 0 Å². The number of carboxylic acid groups (broad SMARTS) is 1. The van der Waals surface area contributed by atoms with Crippen LogP contribution in [0, 0.1) is 6.92 Å². The van der Waals surface area contributed by atoms with Gasteiger partial charge in [0.25, 0.3) is 10.0 Å². The average molecular weight is 384 g/mol. The summed E-state index contributed by atoms with van der Waals surface area (Å²) in [6.45, 7) is 5.72. The Morgan fingerprint density at radius 1 is 1.30 bits per heavy atom. The fraction of sp³-hybridized carbons (Fsp3) is 0.200. The number of nitrogens with zero attached hydrogens (tertiary/aromatic N) is 2. The molecule has 1 heterocycles. The van der Waals surface area contributed by atoms with Gasteiger partial charge in [0.1, 0.15) is 4.90 Å². The number of rotatable bonds is 5. The van der Waals surface area contributed by atoms with Crippen LogP contribution in [0.2, 0.25) is 0 Å². The molecule has 0 unspecified atom stereocenters. The van der Waals surface area contributed by atoms with E-state index in [-0.39, 0.29) is 10.5 Å². The summed E-state index contributed by atoms with van der Waals surface area (Å²) in [5, 5.41) is 9.18. The van der Waals surface area contributed by atoms with Crippen molar-refractivity contribution in [2.75, 3.05) is 10.8 Å². The topological polar surface area (TPSA) is 87.0 Å². The number of allylic oxidation sites excluding steroid dienone is 1. The highest BCUT2D eigenvalue weighted by molar-refractivity contribution is 7.93. The summed E-state index contributed by atoms with van der Waals surface area (Å²) in [5.41, 5.74) is 2.51. The molecule has 2 aromatic carbocycles. The number of fused-ring (bicyclic) bond motifs is 1. The van der Waals surface area contributed by atoms with E-state index in [1.54, 1.807) is 31.2 Å². The fourth-order valence-corrected chi connectivity index (χ4v) is 4.95. The summed E-state index contributed by atoms with van der Waals surface area (Å²) in [6, 6.07) is 9.58. The number of hydrogen-bond donors (Lipinski definition) is 1. The van der Waals surface area contributed by atoms with Gasteiger partial charge < -0.3 is 5.11 Å². The second kappa shape index (κ2) is 7.36. The highest BCUT2D eigenvalue weighted by Gasteiger charge is 2.31. The summed E-state index contributed by atoms with van der Waals surface area (Å²) in [6.07, 6.45) is 4.21. The second-order valence-electron chi connectivity index (χ2n) is 6.26. The number of hydrogen-bond acceptors (Lipinski definition) is 4. The summed E-state index contributed by atoms with van der Waals surface area (Å²) < 4.78 is 28.2. The maximum Gasteiger partial charge on any atom is 0.335 e. The number of anilines is 1. The average Bonchev–Trinajstić information content (AvgIpc) is 2.65. The zero-order chi connectivity index (χ0) is 19.6. The van der Waals surface area contributed by atoms with Crippen molar-refractivity contribution < 1.29 is 18.3 Å². The molecule has 0 bridgehead atoms. The highest BCUT2D eigenvalue weighted by atomic mass is 32.2. The van der Waals surface area contributed by atoms with Gasteiger partial charge in [-0.3, -0.25) is 9.30 Å². The maximum atomic E-state index is 13.4. The molecule has 0 aromatic heterocycles. The minimum absolute atomic E-state index is 0.121. The van der Waals surface area contributed by atoms with E-state index in [0.29, 0.717) is 36.3 Å². The van der Waals surface area contributed by atoms with Crippen molar-refractivity contribution in [1.82, 2.24) is 0 Å². The van der Waals surface area contributed by atoms with Crippen LogP contribution in [-0.2, 0) is 16.4 Å². The maximum absolute atomic E-state index is 13.4. The van der Waals surface area contributed by atoms with Crippen molar-refractivity contribution in [3.8, 4) is 0 Å². The van der Waals surface area contributed by atoms with Gasteiger partial charge in [0.05, 0.1) is 16.9 Å². The van der Waals surface area contributed by atoms with Gasteiger partial charge in [-0.15, -0.1) is 0 Å². The third-order valence-corrected chi connectivity index (χ3v) is 6.33. The molecule has 3 rings (SSSR count). The van der Waals surface area contributed by atoms with Gasteiger partial charge in [-0.05, 0) is 55.2 Å². The summed E-state index contributed by atoms with van der Waals surface area (Å²) in [7, 11) is -3.85. The number of carbonyl (C=O) groups is 1. The predicted octanol–water partition coefficient (Wildman–Crippen LogP) is 3.72. The van der Waals surface area contributed by atoms with Gasteiger partial charge in [0.2, 0.25) is 0 Å². The quantitative estimate of drug-likeness (QED) is 0.796. The summed E-state index contributed by atoms with van der Waals surface area (Å²) >= 11 is 0. The van der Waals surface area contributed by atoms with Gasteiger partial charge in [-0.1, -0.05) is 24.8 Å². The summed E-state index contributed by atoms with van der Waals surface area (Å²) in [4.78, 5) is 15.6. The molecule has 2 aromatic rings. The van der Waals surface area contributed by atoms with Crippen LogP contribution in [0.4, 0.5) is 11.4 Å². The molecule has 1 aliphatic rings. The molecule has 0 spiro atoms. The first-order valence-corrected chi connectivity index (χ1v) is 9.94. The van der Waals surface area contributed by atoms with Gasteiger partial charge in [0.15, 0.2) is 0 Å². The summed E-state index contributed by atoms with van der Waals surface area (Å²) in [5.74, 6) is -1.03. The van der Waals surface area contributed by atoms with Crippen molar-refractivity contribution in [2.45, 2.75) is 24.7 Å². The molecule has 0 fully saturated rings. The molecule has 27 heavy (non-hydrogen) atoms. The van der Waals surface area contributed by atoms with Crippen molar-refractivity contribution in [3.63, 3.8) is 0 Å². The number of aryl methyl sites for hydroxylation is 2. The van der Waals surface area contributed by atoms with Gasteiger partial charge in [0, 0.05) is 12.8 Å². The SMILES string of the molecule is C=C/C=N\c1c(C)cccc1S(=O)(=O)N1CCCc2cc(C(=O)O)ccc21. The lowest BCUT2D eigenvalue weighted by Gasteiger charge is -2.31. The first-order chi connectivity index (χ1) is 12.9. The largest absolute Gasteiger partial charge is 0.478 e. The number of benzene rings is 2. The fourth-order valence-electron chi connectivity index (χ4n) is 3.20. The monoisotopic (exact) mass is 384 g/mol. The smallest absolute Gasteiger partial charge is 0.335 e. The minimum Gasteiger partial charge on any atom is -0.478 e. The molecule has 140 valence electrons. The van der Waals surface area contributed by atoms with Crippen LogP contribution >= 0.6 is 0 Å². The van der Waals surface area contributed by atoms with Crippen molar-refractivity contribution in [3.05, 3.63) is 65.7 Å². The second-order valence-corrected chi connectivity index (χ2v) is 8.10. The third kappa shape index (κ3) is 3.50. The molecule has 1 aliphatic heterocycles. The molecule has 0 saturated heterocycles. The van der Waals surface area contributed by atoms with Gasteiger partial charge >= 0.3 is 5.97 Å². The van der Waals surface area contributed by atoms with E-state index >= 15 is 0 Å². The third-order valence-electron chi connectivity index (χ3n) is 4.48. The van der Waals surface area contributed by atoms with Crippen LogP contribution in [0.5, 0.6) is 0 Å². The van der Waals surface area contributed by atoms with Crippen molar-refractivity contribution >= 4 is 33.6 Å². The molecular weight excluding hydrogens is 364 g/mol. The molecule has 0 aliphatic carbocycles. The number of sulfonamides is 1. The Morgan fingerprint density at radius 3 is 2.78 bits per heavy atom.